The summed E-state index contributed by atoms with van der Waals surface area (Å²) in [6, 6.07) is 8.37. The number of likely N-dealkylation sites (tertiary alicyclic amines) is 1. The Balaban J connectivity index is 1.44. The highest BCUT2D eigenvalue weighted by Gasteiger charge is 2.29. The van der Waals surface area contributed by atoms with Crippen LogP contribution in [0, 0.1) is 16.0 Å². The first-order valence-electron chi connectivity index (χ1n) is 11.6. The summed E-state index contributed by atoms with van der Waals surface area (Å²) < 4.78 is 0. The lowest BCUT2D eigenvalue weighted by molar-refractivity contribution is -0.385. The minimum atomic E-state index is -0.409. The Morgan fingerprint density at radius 2 is 1.84 bits per heavy atom. The standard InChI is InChI=1S/C23H33N7O2/c24-14-18-5-3-4-17(12-18)13-20-21(30(31)32)22(28-23(25)27-20)26-15-16-6-8-19(9-7-16)29-10-1-2-11-29/h3-5,12,16,19H,1-2,6-11,13-15,24H2,(H3,25,26,27,28). The van der Waals surface area contributed by atoms with E-state index in [1.54, 1.807) is 0 Å². The smallest absolute Gasteiger partial charge is 0.333 e. The van der Waals surface area contributed by atoms with Gasteiger partial charge in [0.15, 0.2) is 0 Å². The quantitative estimate of drug-likeness (QED) is 0.422. The van der Waals surface area contributed by atoms with Crippen molar-refractivity contribution < 1.29 is 4.92 Å². The molecule has 2 aliphatic rings. The zero-order valence-electron chi connectivity index (χ0n) is 18.5. The van der Waals surface area contributed by atoms with E-state index in [1.165, 1.54) is 38.8 Å². The molecule has 1 aromatic heterocycles. The number of nitrogens with one attached hydrogen (secondary N) is 1. The van der Waals surface area contributed by atoms with Crippen LogP contribution in [0.1, 0.15) is 55.3 Å². The lowest BCUT2D eigenvalue weighted by atomic mass is 9.85. The Hall–Kier alpha value is -2.78. The van der Waals surface area contributed by atoms with Crippen LogP contribution in [-0.2, 0) is 13.0 Å². The molecule has 0 bridgehead atoms. The van der Waals surface area contributed by atoms with Crippen molar-refractivity contribution in [3.05, 3.63) is 51.2 Å². The minimum Gasteiger partial charge on any atom is -0.368 e. The fraction of sp³-hybridized carbons (Fsp3) is 0.565. The molecule has 1 aromatic carbocycles. The number of aromatic nitrogens is 2. The first-order chi connectivity index (χ1) is 15.5. The molecule has 5 N–H and O–H groups in total. The lowest BCUT2D eigenvalue weighted by Crippen LogP contribution is -2.37. The fourth-order valence-corrected chi connectivity index (χ4v) is 5.08. The summed E-state index contributed by atoms with van der Waals surface area (Å²) in [7, 11) is 0. The highest BCUT2D eigenvalue weighted by atomic mass is 16.6. The first kappa shape index (κ1) is 22.4. The fourth-order valence-electron chi connectivity index (χ4n) is 5.08. The van der Waals surface area contributed by atoms with Gasteiger partial charge in [-0.2, -0.15) is 4.98 Å². The van der Waals surface area contributed by atoms with Crippen molar-refractivity contribution in [2.75, 3.05) is 30.7 Å². The monoisotopic (exact) mass is 439 g/mol. The zero-order chi connectivity index (χ0) is 22.5. The molecule has 1 aliphatic carbocycles. The van der Waals surface area contributed by atoms with Crippen LogP contribution in [0.2, 0.25) is 0 Å². The number of anilines is 2. The van der Waals surface area contributed by atoms with Crippen LogP contribution in [0.3, 0.4) is 0 Å². The van der Waals surface area contributed by atoms with E-state index in [0.29, 0.717) is 37.2 Å². The summed E-state index contributed by atoms with van der Waals surface area (Å²) in [5, 5.41) is 15.2. The largest absolute Gasteiger partial charge is 0.368 e. The van der Waals surface area contributed by atoms with E-state index in [1.807, 2.05) is 24.3 Å². The van der Waals surface area contributed by atoms with E-state index in [4.69, 9.17) is 11.5 Å². The molecule has 0 spiro atoms. The molecule has 1 saturated carbocycles. The van der Waals surface area contributed by atoms with Crippen molar-refractivity contribution in [3.63, 3.8) is 0 Å². The molecule has 9 heteroatoms. The highest BCUT2D eigenvalue weighted by Crippen LogP contribution is 2.32. The van der Waals surface area contributed by atoms with Crippen LogP contribution in [0.25, 0.3) is 0 Å². The Labute approximate surface area is 188 Å². The molecule has 4 rings (SSSR count). The predicted octanol–water partition coefficient (Wildman–Crippen LogP) is 3.08. The summed E-state index contributed by atoms with van der Waals surface area (Å²) >= 11 is 0. The average Bonchev–Trinajstić information content (AvgIpc) is 3.32. The Bertz CT molecular complexity index is 938. The van der Waals surface area contributed by atoms with Crippen LogP contribution in [-0.4, -0.2) is 45.5 Å². The average molecular weight is 440 g/mol. The van der Waals surface area contributed by atoms with Crippen LogP contribution in [0.15, 0.2) is 24.3 Å². The van der Waals surface area contributed by atoms with Gasteiger partial charge in [0.2, 0.25) is 11.8 Å². The Kier molecular flexibility index (Phi) is 7.16. The van der Waals surface area contributed by atoms with Gasteiger partial charge < -0.3 is 21.7 Å². The van der Waals surface area contributed by atoms with Crippen LogP contribution in [0.5, 0.6) is 0 Å². The highest BCUT2D eigenvalue weighted by molar-refractivity contribution is 5.61. The van der Waals surface area contributed by atoms with Crippen LogP contribution >= 0.6 is 0 Å². The number of nitrogen functional groups attached to an aromatic ring is 1. The number of rotatable bonds is 8. The molecule has 172 valence electrons. The Morgan fingerprint density at radius 3 is 2.53 bits per heavy atom. The second-order valence-electron chi connectivity index (χ2n) is 8.98. The summed E-state index contributed by atoms with van der Waals surface area (Å²) in [4.78, 5) is 22.5. The number of nitro groups is 1. The third-order valence-electron chi connectivity index (χ3n) is 6.79. The molecule has 0 radical (unpaired) electrons. The van der Waals surface area contributed by atoms with E-state index in [2.05, 4.69) is 20.2 Å². The van der Waals surface area contributed by atoms with Gasteiger partial charge >= 0.3 is 5.69 Å². The van der Waals surface area contributed by atoms with E-state index < -0.39 is 4.92 Å². The predicted molar refractivity (Wildman–Crippen MR) is 125 cm³/mol. The third kappa shape index (κ3) is 5.34. The van der Waals surface area contributed by atoms with Gasteiger partial charge in [-0.25, -0.2) is 4.98 Å². The van der Waals surface area contributed by atoms with E-state index >= 15 is 0 Å². The number of hydrogen-bond acceptors (Lipinski definition) is 8. The van der Waals surface area contributed by atoms with Gasteiger partial charge in [-0.1, -0.05) is 24.3 Å². The van der Waals surface area contributed by atoms with Crippen molar-refractivity contribution in [3.8, 4) is 0 Å². The minimum absolute atomic E-state index is 0.0424. The zero-order valence-corrected chi connectivity index (χ0v) is 18.5. The van der Waals surface area contributed by atoms with Crippen molar-refractivity contribution in [2.24, 2.45) is 11.7 Å². The molecule has 0 amide bonds. The van der Waals surface area contributed by atoms with Gasteiger partial charge in [0.25, 0.3) is 0 Å². The van der Waals surface area contributed by atoms with E-state index in [0.717, 1.165) is 24.0 Å². The molecular formula is C23H33N7O2. The van der Waals surface area contributed by atoms with Gasteiger partial charge in [0.1, 0.15) is 5.69 Å². The maximum Gasteiger partial charge on any atom is 0.333 e. The summed E-state index contributed by atoms with van der Waals surface area (Å²) in [6.07, 6.45) is 7.58. The van der Waals surface area contributed by atoms with Crippen molar-refractivity contribution in [1.29, 1.82) is 0 Å². The van der Waals surface area contributed by atoms with Crippen LogP contribution < -0.4 is 16.8 Å². The van der Waals surface area contributed by atoms with Crippen molar-refractivity contribution in [1.82, 2.24) is 14.9 Å². The third-order valence-corrected chi connectivity index (χ3v) is 6.79. The van der Waals surface area contributed by atoms with Gasteiger partial charge in [-0.3, -0.25) is 10.1 Å². The summed E-state index contributed by atoms with van der Waals surface area (Å²) in [5.74, 6) is 0.740. The SMILES string of the molecule is NCc1cccc(Cc2nc(N)nc(NCC3CCC(N4CCCC4)CC3)c2[N+](=O)[O-])c1. The molecule has 2 fully saturated rings. The normalized spacial score (nSPS) is 21.5. The van der Waals surface area contributed by atoms with Gasteiger partial charge in [-0.15, -0.1) is 0 Å². The molecule has 32 heavy (non-hydrogen) atoms. The van der Waals surface area contributed by atoms with Gasteiger partial charge in [-0.05, 0) is 68.7 Å². The second kappa shape index (κ2) is 10.2. The van der Waals surface area contributed by atoms with Crippen molar-refractivity contribution >= 4 is 17.5 Å². The molecule has 0 unspecified atom stereocenters. The number of benzene rings is 1. The summed E-state index contributed by atoms with van der Waals surface area (Å²) in [6.45, 7) is 3.54. The van der Waals surface area contributed by atoms with Crippen LogP contribution in [0.4, 0.5) is 17.5 Å². The second-order valence-corrected chi connectivity index (χ2v) is 8.98. The maximum atomic E-state index is 11.9. The number of nitrogens with two attached hydrogens (primary N) is 2. The molecule has 0 atom stereocenters. The molecular weight excluding hydrogens is 406 g/mol. The summed E-state index contributed by atoms with van der Waals surface area (Å²) in [5.41, 5.74) is 13.7. The van der Waals surface area contributed by atoms with Gasteiger partial charge in [0, 0.05) is 25.6 Å². The number of nitrogens with zero attached hydrogens (tertiary/aromatic N) is 4. The lowest BCUT2D eigenvalue weighted by Gasteiger charge is -2.34. The molecule has 2 heterocycles. The van der Waals surface area contributed by atoms with E-state index in [9.17, 15) is 10.1 Å². The first-order valence-corrected chi connectivity index (χ1v) is 11.6. The molecule has 2 aromatic rings. The molecule has 1 aliphatic heterocycles. The van der Waals surface area contributed by atoms with E-state index in [-0.39, 0.29) is 17.5 Å². The number of hydrogen-bond donors (Lipinski definition) is 3. The van der Waals surface area contributed by atoms with Crippen molar-refractivity contribution in [2.45, 2.75) is 57.5 Å². The van der Waals surface area contributed by atoms with Gasteiger partial charge in [0.05, 0.1) is 4.92 Å². The Morgan fingerprint density at radius 1 is 1.12 bits per heavy atom. The maximum absolute atomic E-state index is 11.9. The molecule has 1 saturated heterocycles. The topological polar surface area (TPSA) is 136 Å². The molecule has 9 nitrogen and oxygen atoms in total.